The van der Waals surface area contributed by atoms with Gasteiger partial charge in [-0.3, -0.25) is 14.4 Å². The number of carbonyl (C=O) groups excluding carboxylic acids is 1. The fourth-order valence-electron chi connectivity index (χ4n) is 5.02. The zero-order valence-electron chi connectivity index (χ0n) is 22.0. The monoisotopic (exact) mass is 547 g/mol. The van der Waals surface area contributed by atoms with Crippen molar-refractivity contribution < 1.29 is 38.5 Å². The van der Waals surface area contributed by atoms with Gasteiger partial charge in [-0.2, -0.15) is 0 Å². The van der Waals surface area contributed by atoms with Gasteiger partial charge in [0.05, 0.1) is 30.5 Å². The van der Waals surface area contributed by atoms with Crippen LogP contribution in [0, 0.1) is 5.82 Å². The van der Waals surface area contributed by atoms with Gasteiger partial charge >= 0.3 is 11.9 Å². The summed E-state index contributed by atoms with van der Waals surface area (Å²) < 4.78 is 28.5. The number of carbonyl (C=O) groups is 3. The maximum atomic E-state index is 15.3. The fraction of sp³-hybridized carbons (Fsp3) is 0.556. The molecule has 12 heteroatoms. The first-order chi connectivity index (χ1) is 18.4. The van der Waals surface area contributed by atoms with Gasteiger partial charge in [0.2, 0.25) is 5.43 Å². The molecule has 1 aromatic heterocycles. The Balaban J connectivity index is 1.76. The van der Waals surface area contributed by atoms with Crippen LogP contribution < -0.4 is 16.1 Å². The standard InChI is InChI=1S/C27H34FN3O8/c1-27(2)38-13-16(14-39-27)31-12-18(25(35)30-20(26(36)37)8-9-23(32)33)24(34)17-10-19(28)21(11-22(17)31)29-15-6-4-3-5-7-15/h10-12,15-16,20,29H,3-9,13-14H2,1-2H3,(H,30,35)(H,32,33)(H,36,37). The van der Waals surface area contributed by atoms with E-state index in [-0.39, 0.29) is 36.8 Å². The highest BCUT2D eigenvalue weighted by Gasteiger charge is 2.31. The van der Waals surface area contributed by atoms with E-state index in [1.165, 1.54) is 6.20 Å². The van der Waals surface area contributed by atoms with Crippen molar-refractivity contribution >= 4 is 34.4 Å². The highest BCUT2D eigenvalue weighted by atomic mass is 19.1. The molecule has 4 N–H and O–H groups in total. The number of aromatic nitrogens is 1. The second-order valence-corrected chi connectivity index (χ2v) is 10.6. The molecule has 1 saturated carbocycles. The minimum Gasteiger partial charge on any atom is -0.481 e. The lowest BCUT2D eigenvalue weighted by atomic mass is 9.95. The van der Waals surface area contributed by atoms with Crippen LogP contribution >= 0.6 is 0 Å². The molecule has 1 aromatic carbocycles. The summed E-state index contributed by atoms with van der Waals surface area (Å²) in [5, 5.41) is 23.8. The lowest BCUT2D eigenvalue weighted by Gasteiger charge is -2.36. The zero-order chi connectivity index (χ0) is 28.3. The van der Waals surface area contributed by atoms with E-state index in [1.807, 2.05) is 0 Å². The van der Waals surface area contributed by atoms with Crippen molar-refractivity contribution in [3.63, 3.8) is 0 Å². The van der Waals surface area contributed by atoms with E-state index in [0.717, 1.165) is 38.2 Å². The highest BCUT2D eigenvalue weighted by Crippen LogP contribution is 2.30. The van der Waals surface area contributed by atoms with E-state index in [0.29, 0.717) is 5.52 Å². The van der Waals surface area contributed by atoms with E-state index < -0.39 is 58.9 Å². The third kappa shape index (κ3) is 6.74. The van der Waals surface area contributed by atoms with Gasteiger partial charge in [-0.15, -0.1) is 0 Å². The molecule has 0 spiro atoms. The summed E-state index contributed by atoms with van der Waals surface area (Å²) in [6.07, 6.45) is 5.49. The average molecular weight is 548 g/mol. The van der Waals surface area contributed by atoms with Crippen LogP contribution in [0.1, 0.15) is 75.2 Å². The van der Waals surface area contributed by atoms with E-state index in [4.69, 9.17) is 14.6 Å². The second-order valence-electron chi connectivity index (χ2n) is 10.6. The number of halogens is 1. The van der Waals surface area contributed by atoms with Crippen molar-refractivity contribution in [2.24, 2.45) is 0 Å². The summed E-state index contributed by atoms with van der Waals surface area (Å²) in [6, 6.07) is 0.747. The number of hydrogen-bond acceptors (Lipinski definition) is 7. The number of nitrogens with one attached hydrogen (secondary N) is 2. The Labute approximate surface area is 224 Å². The molecule has 2 heterocycles. The smallest absolute Gasteiger partial charge is 0.326 e. The quantitative estimate of drug-likeness (QED) is 0.370. The van der Waals surface area contributed by atoms with Crippen LogP contribution in [-0.4, -0.2) is 63.7 Å². The summed E-state index contributed by atoms with van der Waals surface area (Å²) in [6.45, 7) is 3.89. The molecule has 1 saturated heterocycles. The van der Waals surface area contributed by atoms with Crippen molar-refractivity contribution in [2.45, 2.75) is 82.7 Å². The third-order valence-corrected chi connectivity index (χ3v) is 7.22. The van der Waals surface area contributed by atoms with Crippen LogP contribution in [0.5, 0.6) is 0 Å². The average Bonchev–Trinajstić information content (AvgIpc) is 2.88. The van der Waals surface area contributed by atoms with E-state index in [2.05, 4.69) is 10.6 Å². The Morgan fingerprint density at radius 1 is 1.13 bits per heavy atom. The van der Waals surface area contributed by atoms with Crippen LogP contribution in [0.4, 0.5) is 10.1 Å². The minimum absolute atomic E-state index is 0.0587. The third-order valence-electron chi connectivity index (χ3n) is 7.22. The zero-order valence-corrected chi connectivity index (χ0v) is 22.0. The molecule has 1 unspecified atom stereocenters. The van der Waals surface area contributed by atoms with Crippen molar-refractivity contribution in [1.29, 1.82) is 0 Å². The van der Waals surface area contributed by atoms with Gasteiger partial charge in [-0.25, -0.2) is 9.18 Å². The molecule has 2 fully saturated rings. The number of amides is 1. The number of nitrogens with zero attached hydrogens (tertiary/aromatic N) is 1. The summed E-state index contributed by atoms with van der Waals surface area (Å²) in [7, 11) is 0. The summed E-state index contributed by atoms with van der Waals surface area (Å²) in [5.74, 6) is -5.14. The topological polar surface area (TPSA) is 156 Å². The van der Waals surface area contributed by atoms with Crippen molar-refractivity contribution in [3.05, 3.63) is 39.9 Å². The molecular formula is C27H34FN3O8. The Hall–Kier alpha value is -3.51. The first kappa shape index (κ1) is 28.5. The molecule has 0 bridgehead atoms. The summed E-state index contributed by atoms with van der Waals surface area (Å²) >= 11 is 0. The second kappa shape index (κ2) is 11.7. The number of rotatable bonds is 9. The number of hydrogen-bond donors (Lipinski definition) is 4. The molecular weight excluding hydrogens is 513 g/mol. The molecule has 1 atom stereocenters. The Kier molecular flexibility index (Phi) is 8.55. The molecule has 1 aliphatic heterocycles. The van der Waals surface area contributed by atoms with Gasteiger partial charge in [-0.05, 0) is 45.2 Å². The van der Waals surface area contributed by atoms with Crippen molar-refractivity contribution in [2.75, 3.05) is 18.5 Å². The number of pyridine rings is 1. The number of carboxylic acid groups (broad SMARTS) is 2. The number of aliphatic carboxylic acids is 2. The van der Waals surface area contributed by atoms with Crippen molar-refractivity contribution in [1.82, 2.24) is 9.88 Å². The number of carboxylic acids is 2. The fourth-order valence-corrected chi connectivity index (χ4v) is 5.02. The summed E-state index contributed by atoms with van der Waals surface area (Å²) in [5.41, 5.74) is -0.560. The van der Waals surface area contributed by atoms with Crippen LogP contribution in [0.3, 0.4) is 0 Å². The number of ether oxygens (including phenoxy) is 2. The van der Waals surface area contributed by atoms with Crippen LogP contribution in [0.2, 0.25) is 0 Å². The van der Waals surface area contributed by atoms with Gasteiger partial charge in [0.15, 0.2) is 5.79 Å². The molecule has 2 aromatic rings. The SMILES string of the molecule is CC1(C)OCC(n2cc(C(=O)NC(CCC(=O)O)C(=O)O)c(=O)c3cc(F)c(NC4CCCCC4)cc32)CO1. The first-order valence-corrected chi connectivity index (χ1v) is 13.1. The number of anilines is 1. The molecule has 2 aliphatic rings. The molecule has 0 radical (unpaired) electrons. The molecule has 1 amide bonds. The highest BCUT2D eigenvalue weighted by molar-refractivity contribution is 5.99. The molecule has 212 valence electrons. The van der Waals surface area contributed by atoms with Crippen LogP contribution in [0.25, 0.3) is 10.9 Å². The van der Waals surface area contributed by atoms with Gasteiger partial charge < -0.3 is 34.9 Å². The van der Waals surface area contributed by atoms with Gasteiger partial charge in [0.25, 0.3) is 5.91 Å². The Bertz CT molecular complexity index is 1310. The lowest BCUT2D eigenvalue weighted by Crippen LogP contribution is -2.43. The van der Waals surface area contributed by atoms with E-state index in [9.17, 15) is 24.3 Å². The van der Waals surface area contributed by atoms with E-state index in [1.54, 1.807) is 24.5 Å². The predicted octanol–water partition coefficient (Wildman–Crippen LogP) is 3.26. The van der Waals surface area contributed by atoms with Crippen LogP contribution in [-0.2, 0) is 19.1 Å². The number of benzene rings is 1. The first-order valence-electron chi connectivity index (χ1n) is 13.1. The van der Waals surface area contributed by atoms with E-state index >= 15 is 4.39 Å². The largest absolute Gasteiger partial charge is 0.481 e. The Morgan fingerprint density at radius 2 is 1.79 bits per heavy atom. The van der Waals surface area contributed by atoms with Gasteiger partial charge in [0, 0.05) is 24.0 Å². The minimum atomic E-state index is -1.53. The maximum Gasteiger partial charge on any atom is 0.326 e. The van der Waals surface area contributed by atoms with Crippen LogP contribution in [0.15, 0.2) is 23.1 Å². The normalized spacial score (nSPS) is 18.9. The maximum absolute atomic E-state index is 15.3. The van der Waals surface area contributed by atoms with Gasteiger partial charge in [-0.1, -0.05) is 19.3 Å². The number of fused-ring (bicyclic) bond motifs is 1. The predicted molar refractivity (Wildman–Crippen MR) is 139 cm³/mol. The molecule has 4 rings (SSSR count). The molecule has 39 heavy (non-hydrogen) atoms. The molecule has 1 aliphatic carbocycles. The Morgan fingerprint density at radius 3 is 2.41 bits per heavy atom. The molecule has 11 nitrogen and oxygen atoms in total. The van der Waals surface area contributed by atoms with Gasteiger partial charge in [0.1, 0.15) is 17.4 Å². The summed E-state index contributed by atoms with van der Waals surface area (Å²) in [4.78, 5) is 49.1. The van der Waals surface area contributed by atoms with Crippen molar-refractivity contribution in [3.8, 4) is 0 Å². The lowest BCUT2D eigenvalue weighted by molar-refractivity contribution is -0.258.